The second-order valence-corrected chi connectivity index (χ2v) is 4.56. The van der Waals surface area contributed by atoms with E-state index >= 15 is 0 Å². The van der Waals surface area contributed by atoms with Crippen LogP contribution >= 0.6 is 11.6 Å². The van der Waals surface area contributed by atoms with Gasteiger partial charge in [-0.25, -0.2) is 9.97 Å². The number of benzene rings is 1. The first-order chi connectivity index (χ1) is 8.69. The fraction of sp³-hybridized carbons (Fsp3) is 0.286. The quantitative estimate of drug-likeness (QED) is 0.906. The SMILES string of the molecule is CCCNc1cc(-c2cccc(Cl)c2)nc(C)n1. The number of aryl methyl sites for hydroxylation is 1. The van der Waals surface area contributed by atoms with Crippen molar-refractivity contribution >= 4 is 17.4 Å². The molecule has 4 heteroatoms. The molecule has 0 atom stereocenters. The molecule has 94 valence electrons. The van der Waals surface area contributed by atoms with Crippen LogP contribution in [0, 0.1) is 6.92 Å². The molecule has 0 aliphatic carbocycles. The maximum atomic E-state index is 6.00. The van der Waals surface area contributed by atoms with Crippen molar-refractivity contribution < 1.29 is 0 Å². The molecule has 0 saturated carbocycles. The van der Waals surface area contributed by atoms with Crippen molar-refractivity contribution in [2.24, 2.45) is 0 Å². The average Bonchev–Trinajstić information content (AvgIpc) is 2.36. The number of anilines is 1. The minimum atomic E-state index is 0.715. The molecule has 0 fully saturated rings. The molecule has 2 rings (SSSR count). The van der Waals surface area contributed by atoms with Gasteiger partial charge in [0.15, 0.2) is 0 Å². The van der Waals surface area contributed by atoms with Crippen LogP contribution in [0.25, 0.3) is 11.3 Å². The van der Waals surface area contributed by atoms with E-state index in [4.69, 9.17) is 11.6 Å². The van der Waals surface area contributed by atoms with Crippen molar-refractivity contribution in [1.29, 1.82) is 0 Å². The number of aromatic nitrogens is 2. The monoisotopic (exact) mass is 261 g/mol. The Morgan fingerprint density at radius 1 is 1.22 bits per heavy atom. The van der Waals surface area contributed by atoms with Gasteiger partial charge in [0.1, 0.15) is 11.6 Å². The third-order valence-electron chi connectivity index (χ3n) is 2.51. The van der Waals surface area contributed by atoms with Crippen LogP contribution in [-0.4, -0.2) is 16.5 Å². The van der Waals surface area contributed by atoms with E-state index in [1.54, 1.807) is 0 Å². The normalized spacial score (nSPS) is 10.4. The van der Waals surface area contributed by atoms with Crippen molar-refractivity contribution in [2.75, 3.05) is 11.9 Å². The van der Waals surface area contributed by atoms with E-state index in [-0.39, 0.29) is 0 Å². The summed E-state index contributed by atoms with van der Waals surface area (Å²) >= 11 is 6.00. The Labute approximate surface area is 112 Å². The van der Waals surface area contributed by atoms with E-state index in [9.17, 15) is 0 Å². The van der Waals surface area contributed by atoms with Gasteiger partial charge in [-0.1, -0.05) is 30.7 Å². The summed E-state index contributed by atoms with van der Waals surface area (Å²) in [5.41, 5.74) is 1.90. The zero-order valence-corrected chi connectivity index (χ0v) is 11.3. The standard InChI is InChI=1S/C14H16ClN3/c1-3-7-16-14-9-13(17-10(2)18-14)11-5-4-6-12(15)8-11/h4-6,8-9H,3,7H2,1-2H3,(H,16,17,18). The highest BCUT2D eigenvalue weighted by molar-refractivity contribution is 6.30. The van der Waals surface area contributed by atoms with Crippen LogP contribution in [0.4, 0.5) is 5.82 Å². The fourth-order valence-electron chi connectivity index (χ4n) is 1.71. The Balaban J connectivity index is 2.35. The fourth-order valence-corrected chi connectivity index (χ4v) is 1.90. The number of halogens is 1. The van der Waals surface area contributed by atoms with Gasteiger partial charge in [-0.2, -0.15) is 0 Å². The maximum Gasteiger partial charge on any atom is 0.130 e. The lowest BCUT2D eigenvalue weighted by molar-refractivity contribution is 0.955. The van der Waals surface area contributed by atoms with E-state index in [1.165, 1.54) is 0 Å². The molecular formula is C14H16ClN3. The molecule has 1 N–H and O–H groups in total. The smallest absolute Gasteiger partial charge is 0.130 e. The van der Waals surface area contributed by atoms with E-state index < -0.39 is 0 Å². The first-order valence-electron chi connectivity index (χ1n) is 6.04. The molecule has 0 spiro atoms. The Morgan fingerprint density at radius 2 is 2.06 bits per heavy atom. The Kier molecular flexibility index (Phi) is 4.15. The molecule has 0 aliphatic heterocycles. The van der Waals surface area contributed by atoms with Crippen molar-refractivity contribution in [3.63, 3.8) is 0 Å². The van der Waals surface area contributed by atoms with E-state index in [0.29, 0.717) is 5.02 Å². The Hall–Kier alpha value is -1.61. The number of hydrogen-bond donors (Lipinski definition) is 1. The number of hydrogen-bond acceptors (Lipinski definition) is 3. The highest BCUT2D eigenvalue weighted by atomic mass is 35.5. The van der Waals surface area contributed by atoms with E-state index in [0.717, 1.165) is 35.9 Å². The summed E-state index contributed by atoms with van der Waals surface area (Å²) in [7, 11) is 0. The lowest BCUT2D eigenvalue weighted by Gasteiger charge is -2.08. The second-order valence-electron chi connectivity index (χ2n) is 4.12. The predicted molar refractivity (Wildman–Crippen MR) is 76.0 cm³/mol. The zero-order chi connectivity index (χ0) is 13.0. The van der Waals surface area contributed by atoms with E-state index in [2.05, 4.69) is 22.2 Å². The number of nitrogens with one attached hydrogen (secondary N) is 1. The van der Waals surface area contributed by atoms with Gasteiger partial charge in [0.2, 0.25) is 0 Å². The molecule has 1 heterocycles. The molecule has 3 nitrogen and oxygen atoms in total. The molecular weight excluding hydrogens is 246 g/mol. The largest absolute Gasteiger partial charge is 0.370 e. The third kappa shape index (κ3) is 3.20. The van der Waals surface area contributed by atoms with Crippen molar-refractivity contribution in [1.82, 2.24) is 9.97 Å². The molecule has 0 bridgehead atoms. The van der Waals surface area contributed by atoms with E-state index in [1.807, 2.05) is 37.3 Å². The Morgan fingerprint density at radius 3 is 2.78 bits per heavy atom. The van der Waals surface area contributed by atoms with Gasteiger partial charge in [-0.05, 0) is 25.5 Å². The van der Waals surface area contributed by atoms with Crippen molar-refractivity contribution in [2.45, 2.75) is 20.3 Å². The zero-order valence-electron chi connectivity index (χ0n) is 10.6. The lowest BCUT2D eigenvalue weighted by Crippen LogP contribution is -2.04. The van der Waals surface area contributed by atoms with Gasteiger partial charge < -0.3 is 5.32 Å². The first-order valence-corrected chi connectivity index (χ1v) is 6.42. The summed E-state index contributed by atoms with van der Waals surface area (Å²) < 4.78 is 0. The van der Waals surface area contributed by atoms with Gasteiger partial charge in [0.05, 0.1) is 5.69 Å². The van der Waals surface area contributed by atoms with Crippen molar-refractivity contribution in [3.05, 3.63) is 41.2 Å². The minimum Gasteiger partial charge on any atom is -0.370 e. The molecule has 0 unspecified atom stereocenters. The summed E-state index contributed by atoms with van der Waals surface area (Å²) in [4.78, 5) is 8.81. The van der Waals surface area contributed by atoms with Crippen LogP contribution in [-0.2, 0) is 0 Å². The average molecular weight is 262 g/mol. The topological polar surface area (TPSA) is 37.8 Å². The molecule has 1 aromatic carbocycles. The van der Waals surface area contributed by atoms with Gasteiger partial charge in [-0.15, -0.1) is 0 Å². The highest BCUT2D eigenvalue weighted by Crippen LogP contribution is 2.22. The predicted octanol–water partition coefficient (Wildman–Crippen LogP) is 3.93. The summed E-state index contributed by atoms with van der Waals surface area (Å²) in [6.45, 7) is 4.93. The van der Waals surface area contributed by atoms with Crippen LogP contribution in [0.1, 0.15) is 19.2 Å². The second kappa shape index (κ2) is 5.83. The van der Waals surface area contributed by atoms with Gasteiger partial charge in [0, 0.05) is 23.2 Å². The molecule has 0 aliphatic rings. The lowest BCUT2D eigenvalue weighted by atomic mass is 10.1. The first kappa shape index (κ1) is 12.8. The highest BCUT2D eigenvalue weighted by Gasteiger charge is 2.04. The van der Waals surface area contributed by atoms with Crippen molar-refractivity contribution in [3.8, 4) is 11.3 Å². The molecule has 18 heavy (non-hydrogen) atoms. The molecule has 0 radical (unpaired) electrons. The molecule has 1 aromatic heterocycles. The van der Waals surface area contributed by atoms with Crippen LogP contribution in [0.3, 0.4) is 0 Å². The van der Waals surface area contributed by atoms with Crippen LogP contribution < -0.4 is 5.32 Å². The summed E-state index contributed by atoms with van der Waals surface area (Å²) in [5.74, 6) is 1.62. The molecule has 0 saturated heterocycles. The molecule has 2 aromatic rings. The summed E-state index contributed by atoms with van der Waals surface area (Å²) in [6.07, 6.45) is 1.07. The van der Waals surface area contributed by atoms with Crippen LogP contribution in [0.15, 0.2) is 30.3 Å². The van der Waals surface area contributed by atoms with Gasteiger partial charge >= 0.3 is 0 Å². The summed E-state index contributed by atoms with van der Waals surface area (Å²) in [5, 5.41) is 3.99. The third-order valence-corrected chi connectivity index (χ3v) is 2.75. The number of nitrogens with zero attached hydrogens (tertiary/aromatic N) is 2. The van der Waals surface area contributed by atoms with Gasteiger partial charge in [-0.3, -0.25) is 0 Å². The molecule has 0 amide bonds. The number of rotatable bonds is 4. The van der Waals surface area contributed by atoms with Gasteiger partial charge in [0.25, 0.3) is 0 Å². The van der Waals surface area contributed by atoms with Crippen LogP contribution in [0.2, 0.25) is 5.02 Å². The minimum absolute atomic E-state index is 0.715. The maximum absolute atomic E-state index is 6.00. The van der Waals surface area contributed by atoms with Crippen LogP contribution in [0.5, 0.6) is 0 Å². The Bertz CT molecular complexity index is 540. The summed E-state index contributed by atoms with van der Waals surface area (Å²) in [6, 6.07) is 9.64.